The predicted molar refractivity (Wildman–Crippen MR) is 133 cm³/mol. The summed E-state index contributed by atoms with van der Waals surface area (Å²) < 4.78 is 0. The van der Waals surface area contributed by atoms with Gasteiger partial charge >= 0.3 is 0 Å². The lowest BCUT2D eigenvalue weighted by atomic mass is 9.81. The Balaban J connectivity index is 2.53. The Morgan fingerprint density at radius 3 is 1.28 bits per heavy atom. The van der Waals surface area contributed by atoms with Crippen molar-refractivity contribution in [2.24, 2.45) is 0 Å². The Bertz CT molecular complexity index is 946. The molecule has 152 valence electrons. The maximum atomic E-state index is 6.72. The van der Waals surface area contributed by atoms with Gasteiger partial charge in [-0.05, 0) is 95.3 Å². The van der Waals surface area contributed by atoms with Crippen molar-refractivity contribution < 1.29 is 0 Å². The lowest BCUT2D eigenvalue weighted by molar-refractivity contribution is 0.591. The van der Waals surface area contributed by atoms with Gasteiger partial charge in [-0.15, -0.1) is 0 Å². The zero-order valence-corrected chi connectivity index (χ0v) is 20.7. The molecular weight excluding hydrogens is 414 g/mol. The first-order valence-corrected chi connectivity index (χ1v) is 13.1. The van der Waals surface area contributed by atoms with Crippen molar-refractivity contribution in [3.05, 3.63) is 76.3 Å². The number of rotatable bonds is 3. The fraction of sp³-hybridized carbons (Fsp3) is 0.308. The molecule has 3 aromatic carbocycles. The first-order chi connectivity index (χ1) is 13.5. The molecule has 0 aliphatic carbocycles. The van der Waals surface area contributed by atoms with Crippen LogP contribution in [0.15, 0.2) is 48.5 Å². The number of hydrogen-bond acceptors (Lipinski definition) is 0. The van der Waals surface area contributed by atoms with E-state index in [1.54, 1.807) is 0 Å². The van der Waals surface area contributed by atoms with Crippen LogP contribution in [0.25, 0.3) is 22.3 Å². The van der Waals surface area contributed by atoms with E-state index < -0.39 is 6.63 Å². The van der Waals surface area contributed by atoms with Crippen LogP contribution in [0, 0.1) is 27.7 Å². The quantitative estimate of drug-likeness (QED) is 0.355. The topological polar surface area (TPSA) is 0 Å². The van der Waals surface area contributed by atoms with E-state index in [-0.39, 0.29) is 5.41 Å². The minimum Gasteiger partial charge on any atom is -0.0727 e. The summed E-state index contributed by atoms with van der Waals surface area (Å²) in [5.74, 6) is 0. The van der Waals surface area contributed by atoms with Crippen molar-refractivity contribution in [2.45, 2.75) is 53.9 Å². The van der Waals surface area contributed by atoms with Gasteiger partial charge in [-0.2, -0.15) is 0 Å². The highest BCUT2D eigenvalue weighted by atomic mass is 35.9. The molecule has 0 aliphatic heterocycles. The molecule has 0 radical (unpaired) electrons. The average Bonchev–Trinajstić information content (AvgIpc) is 2.60. The minimum atomic E-state index is -1.34. The fourth-order valence-electron chi connectivity index (χ4n) is 4.11. The second-order valence-corrected chi connectivity index (χ2v) is 12.4. The molecule has 0 amide bonds. The lowest BCUT2D eigenvalue weighted by Crippen LogP contribution is -2.16. The summed E-state index contributed by atoms with van der Waals surface area (Å²) in [6.45, 7) is 14.1. The van der Waals surface area contributed by atoms with Gasteiger partial charge in [0.25, 0.3) is 0 Å². The molecule has 0 aromatic heterocycles. The number of aryl methyl sites for hydroxylation is 4. The number of halogens is 2. The predicted octanol–water partition coefficient (Wildman–Crippen LogP) is 8.97. The number of hydrogen-bond donors (Lipinski definition) is 0. The van der Waals surface area contributed by atoms with Gasteiger partial charge in [-0.25, -0.2) is 0 Å². The van der Waals surface area contributed by atoms with E-state index in [0.717, 1.165) is 5.30 Å². The van der Waals surface area contributed by atoms with Crippen molar-refractivity contribution >= 4 is 34.4 Å². The van der Waals surface area contributed by atoms with Gasteiger partial charge in [0.1, 0.15) is 6.63 Å². The monoisotopic (exact) mass is 442 g/mol. The van der Waals surface area contributed by atoms with Crippen molar-refractivity contribution in [3.8, 4) is 22.3 Å². The third kappa shape index (κ3) is 4.41. The second kappa shape index (κ2) is 8.43. The maximum Gasteiger partial charge on any atom is 0.118 e. The van der Waals surface area contributed by atoms with Gasteiger partial charge in [0.05, 0.1) is 0 Å². The minimum absolute atomic E-state index is 0.0105. The molecule has 0 N–H and O–H groups in total. The molecule has 0 aliphatic rings. The Morgan fingerprint density at radius 1 is 0.655 bits per heavy atom. The molecule has 3 aromatic rings. The van der Waals surface area contributed by atoms with Crippen LogP contribution in [-0.2, 0) is 5.41 Å². The molecule has 3 rings (SSSR count). The van der Waals surface area contributed by atoms with Crippen LogP contribution in [0.5, 0.6) is 0 Å². The highest BCUT2D eigenvalue weighted by Crippen LogP contribution is 2.52. The van der Waals surface area contributed by atoms with Crippen molar-refractivity contribution in [3.63, 3.8) is 0 Å². The Labute approximate surface area is 186 Å². The third-order valence-corrected chi connectivity index (χ3v) is 7.48. The Morgan fingerprint density at radius 2 is 1.00 bits per heavy atom. The normalized spacial score (nSPS) is 11.9. The van der Waals surface area contributed by atoms with Gasteiger partial charge in [-0.3, -0.25) is 0 Å². The largest absolute Gasteiger partial charge is 0.118 e. The maximum absolute atomic E-state index is 6.72. The standard InChI is InChI=1S/C26H29Cl2P/c1-16-10-8-11-17(2)23(16)21-14-20(26(5,6)7)15-22(25(21)29(27)28)24-18(3)12-9-13-19(24)4/h8-15H,1-7H3. The van der Waals surface area contributed by atoms with Crippen molar-refractivity contribution in [2.75, 3.05) is 0 Å². The Hall–Kier alpha value is -1.33. The van der Waals surface area contributed by atoms with E-state index in [9.17, 15) is 0 Å². The van der Waals surface area contributed by atoms with E-state index in [4.69, 9.17) is 22.5 Å². The summed E-state index contributed by atoms with van der Waals surface area (Å²) in [6, 6.07) is 17.5. The molecule has 0 saturated carbocycles. The molecule has 0 heterocycles. The van der Waals surface area contributed by atoms with Crippen LogP contribution in [-0.4, -0.2) is 0 Å². The van der Waals surface area contributed by atoms with E-state index in [2.05, 4.69) is 97.0 Å². The zero-order chi connectivity index (χ0) is 21.5. The highest BCUT2D eigenvalue weighted by Gasteiger charge is 2.26. The summed E-state index contributed by atoms with van der Waals surface area (Å²) in [4.78, 5) is 0. The van der Waals surface area contributed by atoms with Gasteiger partial charge in [0, 0.05) is 5.30 Å². The van der Waals surface area contributed by atoms with Crippen LogP contribution in [0.4, 0.5) is 0 Å². The summed E-state index contributed by atoms with van der Waals surface area (Å²) in [7, 11) is 0. The zero-order valence-electron chi connectivity index (χ0n) is 18.3. The number of benzene rings is 3. The van der Waals surface area contributed by atoms with E-state index in [1.165, 1.54) is 50.1 Å². The molecule has 0 unspecified atom stereocenters. The SMILES string of the molecule is Cc1cccc(C)c1-c1cc(C(C)(C)C)cc(-c2c(C)cccc2C)c1P(Cl)Cl. The second-order valence-electron chi connectivity index (χ2n) is 8.94. The summed E-state index contributed by atoms with van der Waals surface area (Å²) in [5.41, 5.74) is 11.1. The molecule has 3 heteroatoms. The first kappa shape index (κ1) is 22.4. The highest BCUT2D eigenvalue weighted by molar-refractivity contribution is 8.09. The Kier molecular flexibility index (Phi) is 6.50. The molecule has 0 saturated heterocycles. The van der Waals surface area contributed by atoms with Crippen LogP contribution in [0.2, 0.25) is 0 Å². The molecule has 29 heavy (non-hydrogen) atoms. The first-order valence-electron chi connectivity index (χ1n) is 9.95. The molecule has 0 bridgehead atoms. The van der Waals surface area contributed by atoms with Gasteiger partial charge < -0.3 is 0 Å². The summed E-state index contributed by atoms with van der Waals surface area (Å²) >= 11 is 13.4. The van der Waals surface area contributed by atoms with Crippen LogP contribution < -0.4 is 5.30 Å². The summed E-state index contributed by atoms with van der Waals surface area (Å²) in [6.07, 6.45) is 0. The van der Waals surface area contributed by atoms with Crippen LogP contribution in [0.3, 0.4) is 0 Å². The molecule has 0 atom stereocenters. The summed E-state index contributed by atoms with van der Waals surface area (Å²) in [5, 5.41) is 1.06. The molecular formula is C26H29Cl2P. The van der Waals surface area contributed by atoms with Crippen LogP contribution in [0.1, 0.15) is 48.6 Å². The van der Waals surface area contributed by atoms with E-state index >= 15 is 0 Å². The van der Waals surface area contributed by atoms with Crippen molar-refractivity contribution in [1.82, 2.24) is 0 Å². The lowest BCUT2D eigenvalue weighted by Gasteiger charge is -2.27. The van der Waals surface area contributed by atoms with Crippen LogP contribution >= 0.6 is 29.1 Å². The smallest absolute Gasteiger partial charge is 0.0727 e. The fourth-order valence-corrected chi connectivity index (χ4v) is 5.92. The van der Waals surface area contributed by atoms with E-state index in [0.29, 0.717) is 0 Å². The van der Waals surface area contributed by atoms with E-state index in [1.807, 2.05) is 0 Å². The molecule has 0 fully saturated rings. The third-order valence-electron chi connectivity index (χ3n) is 5.65. The molecule has 0 spiro atoms. The molecule has 0 nitrogen and oxygen atoms in total. The van der Waals surface area contributed by atoms with Crippen molar-refractivity contribution in [1.29, 1.82) is 0 Å². The van der Waals surface area contributed by atoms with Gasteiger partial charge in [-0.1, -0.05) is 79.7 Å². The van der Waals surface area contributed by atoms with Gasteiger partial charge in [0.15, 0.2) is 0 Å². The average molecular weight is 443 g/mol. The van der Waals surface area contributed by atoms with Gasteiger partial charge in [0.2, 0.25) is 0 Å².